The van der Waals surface area contributed by atoms with E-state index in [2.05, 4.69) is 131 Å². The van der Waals surface area contributed by atoms with E-state index in [9.17, 15) is 0 Å². The van der Waals surface area contributed by atoms with Crippen LogP contribution in [0.4, 0.5) is 0 Å². The molecule has 0 aromatic heterocycles. The Labute approximate surface area is 361 Å². The van der Waals surface area contributed by atoms with E-state index >= 15 is 0 Å². The predicted octanol–water partition coefficient (Wildman–Crippen LogP) is 14.8. The summed E-state index contributed by atoms with van der Waals surface area (Å²) in [6, 6.07) is 9.63. The van der Waals surface area contributed by atoms with Crippen molar-refractivity contribution in [3.05, 3.63) is 93.6 Å². The number of aryl methyl sites for hydroxylation is 4. The van der Waals surface area contributed by atoms with Gasteiger partial charge in [0, 0.05) is 40.4 Å². The minimum atomic E-state index is -0.0677. The Kier molecular flexibility index (Phi) is 16.4. The molecule has 0 radical (unpaired) electrons. The molecule has 2 fully saturated rings. The molecule has 6 rings (SSSR count). The van der Waals surface area contributed by atoms with Crippen molar-refractivity contribution in [1.82, 2.24) is 4.90 Å². The van der Waals surface area contributed by atoms with E-state index in [4.69, 9.17) is 14.7 Å². The number of rotatable bonds is 15. The maximum atomic E-state index is 5.02. The third-order valence-electron chi connectivity index (χ3n) is 11.1. The Morgan fingerprint density at radius 3 is 1.82 bits per heavy atom. The zero-order chi connectivity index (χ0) is 42.2. The van der Waals surface area contributed by atoms with Gasteiger partial charge >= 0.3 is 0 Å². The maximum Gasteiger partial charge on any atom is 0.106 e. The number of aliphatic imine (C=N–C) groups is 2. The van der Waals surface area contributed by atoms with E-state index in [-0.39, 0.29) is 11.0 Å². The first-order valence-electron chi connectivity index (χ1n) is 21.6. The summed E-state index contributed by atoms with van der Waals surface area (Å²) < 4.78 is 6.44. The number of halogens is 1. The molecule has 0 spiro atoms. The molecule has 0 bridgehead atoms. The van der Waals surface area contributed by atoms with Crippen molar-refractivity contribution < 1.29 is 4.74 Å². The average Bonchev–Trinajstić information content (AvgIpc) is 4.06. The van der Waals surface area contributed by atoms with Crippen molar-refractivity contribution in [3.8, 4) is 11.1 Å². The molecule has 0 heterocycles. The van der Waals surface area contributed by atoms with Gasteiger partial charge < -0.3 is 9.64 Å². The van der Waals surface area contributed by atoms with E-state index in [1.165, 1.54) is 94.3 Å². The minimum Gasteiger partial charge on any atom is -0.496 e. The van der Waals surface area contributed by atoms with Gasteiger partial charge in [-0.05, 0) is 182 Å². The summed E-state index contributed by atoms with van der Waals surface area (Å²) in [4.78, 5) is 12.3. The molecule has 0 unspecified atom stereocenters. The lowest BCUT2D eigenvalue weighted by Crippen LogP contribution is -2.34. The quantitative estimate of drug-likeness (QED) is 0.102. The SMILES string of the molecule is C=C(CC(C)(C)C)N(C/C(C)=N/C(Br)=C/c1cc2c3c(c1)CCc1cc(/C=C/N=C(C)CSC4(CC)CC4)cc(c1-3)CC2)CC1(C)CC1.C=COC(C)(C)C.CC. The van der Waals surface area contributed by atoms with Crippen LogP contribution in [0, 0.1) is 10.8 Å². The normalized spacial score (nSPS) is 17.7. The fourth-order valence-corrected chi connectivity index (χ4v) is 9.52. The molecular weight excluding hydrogens is 783 g/mol. The minimum absolute atomic E-state index is 0.0677. The van der Waals surface area contributed by atoms with Gasteiger partial charge in [-0.1, -0.05) is 85.9 Å². The summed E-state index contributed by atoms with van der Waals surface area (Å²) in [5, 5.41) is 0. The lowest BCUT2D eigenvalue weighted by molar-refractivity contribution is 0.0775. The molecule has 4 aliphatic carbocycles. The molecule has 2 saturated carbocycles. The smallest absolute Gasteiger partial charge is 0.106 e. The van der Waals surface area contributed by atoms with Gasteiger partial charge in [0.25, 0.3) is 0 Å². The third-order valence-corrected chi connectivity index (χ3v) is 13.4. The van der Waals surface area contributed by atoms with Gasteiger partial charge in [0.15, 0.2) is 0 Å². The van der Waals surface area contributed by atoms with Gasteiger partial charge in [-0.3, -0.25) is 4.99 Å². The summed E-state index contributed by atoms with van der Waals surface area (Å²) in [5.41, 5.74) is 15.6. The number of thioether (sulfide) groups is 1. The van der Waals surface area contributed by atoms with Crippen LogP contribution in [-0.4, -0.2) is 45.5 Å². The molecule has 2 aromatic carbocycles. The molecule has 2 aromatic rings. The second-order valence-electron chi connectivity index (χ2n) is 19.1. The molecule has 6 heteroatoms. The number of ether oxygens (including phenoxy) is 1. The van der Waals surface area contributed by atoms with Crippen molar-refractivity contribution in [2.24, 2.45) is 20.8 Å². The highest BCUT2D eigenvalue weighted by Gasteiger charge is 2.41. The number of nitrogens with zero attached hydrogens (tertiary/aromatic N) is 3. The largest absolute Gasteiger partial charge is 0.496 e. The Balaban J connectivity index is 0.000000723. The summed E-state index contributed by atoms with van der Waals surface area (Å²) in [7, 11) is 0. The van der Waals surface area contributed by atoms with Crippen LogP contribution in [0.3, 0.4) is 0 Å². The second kappa shape index (κ2) is 19.9. The highest BCUT2D eigenvalue weighted by molar-refractivity contribution is 9.11. The molecule has 312 valence electrons. The summed E-state index contributed by atoms with van der Waals surface area (Å²) in [5.74, 6) is 1.04. The van der Waals surface area contributed by atoms with Gasteiger partial charge in [0.2, 0.25) is 0 Å². The third kappa shape index (κ3) is 14.4. The average molecular weight is 857 g/mol. The molecule has 4 aliphatic rings. The monoisotopic (exact) mass is 855 g/mol. The zero-order valence-electron chi connectivity index (χ0n) is 37.8. The Morgan fingerprint density at radius 1 is 0.877 bits per heavy atom. The molecular formula is C51H74BrN3OS. The molecule has 0 amide bonds. The second-order valence-corrected chi connectivity index (χ2v) is 21.4. The highest BCUT2D eigenvalue weighted by Crippen LogP contribution is 2.51. The molecule has 0 N–H and O–H groups in total. The highest BCUT2D eigenvalue weighted by atomic mass is 79.9. The number of allylic oxidation sites excluding steroid dienone is 1. The molecule has 0 aliphatic heterocycles. The fraction of sp³-hybridized carbons (Fsp3) is 0.569. The lowest BCUT2D eigenvalue weighted by Gasteiger charge is -2.33. The van der Waals surface area contributed by atoms with Crippen LogP contribution in [0.2, 0.25) is 0 Å². The van der Waals surface area contributed by atoms with E-state index < -0.39 is 0 Å². The van der Waals surface area contributed by atoms with E-state index in [0.717, 1.165) is 61.3 Å². The van der Waals surface area contributed by atoms with Crippen molar-refractivity contribution in [2.75, 3.05) is 18.8 Å². The van der Waals surface area contributed by atoms with Crippen molar-refractivity contribution in [3.63, 3.8) is 0 Å². The lowest BCUT2D eigenvalue weighted by atomic mass is 9.74. The first-order chi connectivity index (χ1) is 26.8. The Morgan fingerprint density at radius 2 is 1.40 bits per heavy atom. The summed E-state index contributed by atoms with van der Waals surface area (Å²) in [6.45, 7) is 35.7. The molecule has 57 heavy (non-hydrogen) atoms. The molecule has 4 nitrogen and oxygen atoms in total. The van der Waals surface area contributed by atoms with Crippen LogP contribution in [-0.2, 0) is 30.4 Å². The van der Waals surface area contributed by atoms with Crippen LogP contribution >= 0.6 is 27.7 Å². The maximum absolute atomic E-state index is 5.02. The number of benzene rings is 2. The van der Waals surface area contributed by atoms with Crippen LogP contribution in [0.5, 0.6) is 0 Å². The van der Waals surface area contributed by atoms with Crippen molar-refractivity contribution in [1.29, 1.82) is 0 Å². The summed E-state index contributed by atoms with van der Waals surface area (Å²) >= 11 is 5.92. The van der Waals surface area contributed by atoms with Crippen LogP contribution < -0.4 is 0 Å². The molecule has 0 saturated heterocycles. The van der Waals surface area contributed by atoms with Gasteiger partial charge in [-0.25, -0.2) is 4.99 Å². The van der Waals surface area contributed by atoms with Crippen LogP contribution in [0.1, 0.15) is 155 Å². The Hall–Kier alpha value is -2.83. The topological polar surface area (TPSA) is 37.2 Å². The van der Waals surface area contributed by atoms with Gasteiger partial charge in [0.1, 0.15) is 4.61 Å². The zero-order valence-corrected chi connectivity index (χ0v) is 40.2. The van der Waals surface area contributed by atoms with E-state index in [0.29, 0.717) is 10.2 Å². The predicted molar refractivity (Wildman–Crippen MR) is 258 cm³/mol. The van der Waals surface area contributed by atoms with Crippen molar-refractivity contribution in [2.45, 2.75) is 158 Å². The standard InChI is InChI=1S/C43H56BrN3S.C6H12O.C2H6/c1-9-43(17-18-43)48-27-30(3)45-19-14-32-20-34-10-12-36-22-33(23-37-13-11-35(21-32)39(34)40(36)37)24-38(44)46-29(2)26-47(28-42(8)15-16-42)31(4)25-41(5,6)7;1-5-7-6(2,3)4;1-2/h14,19-24H,4,9-13,15-18,25-28H2,1-3,5-8H3;5H,1H2,2-4H3;1-2H3/b19-14+,38-24+,45-30?,46-29+;;. The first-order valence-corrected chi connectivity index (χ1v) is 23.4. The Bertz CT molecular complexity index is 1810. The van der Waals surface area contributed by atoms with Crippen LogP contribution in [0.25, 0.3) is 23.3 Å². The first kappa shape index (κ1) is 46.9. The molecule has 0 atom stereocenters. The number of hydrogen-bond donors (Lipinski definition) is 0. The summed E-state index contributed by atoms with van der Waals surface area (Å²) in [6.07, 6.45) is 19.9. The van der Waals surface area contributed by atoms with E-state index in [1.807, 2.05) is 40.8 Å². The van der Waals surface area contributed by atoms with Crippen molar-refractivity contribution >= 4 is 51.3 Å². The van der Waals surface area contributed by atoms with Gasteiger partial charge in [0.05, 0.1) is 18.4 Å². The van der Waals surface area contributed by atoms with Crippen LogP contribution in [0.15, 0.2) is 70.2 Å². The number of hydrogen-bond acceptors (Lipinski definition) is 5. The van der Waals surface area contributed by atoms with Gasteiger partial charge in [-0.2, -0.15) is 0 Å². The van der Waals surface area contributed by atoms with E-state index in [1.54, 1.807) is 0 Å². The van der Waals surface area contributed by atoms with Gasteiger partial charge in [-0.15, -0.1) is 11.8 Å². The fourth-order valence-electron chi connectivity index (χ4n) is 7.77.